The molecule has 60 valence electrons. The van der Waals surface area contributed by atoms with E-state index in [-0.39, 0.29) is 11.2 Å². The Balaban J connectivity index is 2.12. The van der Waals surface area contributed by atoms with Crippen molar-refractivity contribution in [2.75, 3.05) is 6.61 Å². The molecule has 0 aliphatic heterocycles. The van der Waals surface area contributed by atoms with Gasteiger partial charge in [0.2, 0.25) is 0 Å². The Morgan fingerprint density at radius 1 is 1.64 bits per heavy atom. The van der Waals surface area contributed by atoms with Crippen LogP contribution in [-0.4, -0.2) is 12.4 Å². The normalized spacial score (nSPS) is 25.5. The highest BCUT2D eigenvalue weighted by Crippen LogP contribution is 2.53. The van der Waals surface area contributed by atoms with E-state index in [1.165, 1.54) is 6.42 Å². The van der Waals surface area contributed by atoms with Crippen molar-refractivity contribution in [1.29, 1.82) is 0 Å². The zero-order valence-corrected chi connectivity index (χ0v) is 6.72. The fourth-order valence-electron chi connectivity index (χ4n) is 1.80. The first-order chi connectivity index (χ1) is 5.29. The smallest absolute Gasteiger partial charge is 0.172 e. The lowest BCUT2D eigenvalue weighted by atomic mass is 9.59. The second kappa shape index (κ2) is 2.10. The summed E-state index contributed by atoms with van der Waals surface area (Å²) in [6, 6.07) is 0. The molecular weight excluding hydrogens is 140 g/mol. The second-order valence-electron chi connectivity index (χ2n) is 3.24. The fourth-order valence-corrected chi connectivity index (χ4v) is 1.80. The number of hydrogen-bond donors (Lipinski definition) is 0. The number of rotatable bonds is 2. The fraction of sp³-hybridized carbons (Fsp3) is 0.667. The molecule has 11 heavy (non-hydrogen) atoms. The first-order valence-corrected chi connectivity index (χ1v) is 4.19. The highest BCUT2D eigenvalue weighted by Gasteiger charge is 2.53. The molecule has 2 heteroatoms. The maximum atomic E-state index is 11.2. The molecule has 1 fully saturated rings. The number of carbonyl (C=O) groups excluding carboxylic acids is 1. The summed E-state index contributed by atoms with van der Waals surface area (Å²) in [5.74, 6) is 1.23. The minimum atomic E-state index is -0.129. The van der Waals surface area contributed by atoms with Crippen molar-refractivity contribution in [3.63, 3.8) is 0 Å². The van der Waals surface area contributed by atoms with Gasteiger partial charge >= 0.3 is 0 Å². The summed E-state index contributed by atoms with van der Waals surface area (Å²) < 4.78 is 5.35. The Kier molecular flexibility index (Phi) is 1.31. The lowest BCUT2D eigenvalue weighted by Crippen LogP contribution is -2.46. The second-order valence-corrected chi connectivity index (χ2v) is 3.24. The molecular formula is C9H12O2. The molecule has 0 aromatic carbocycles. The van der Waals surface area contributed by atoms with Crippen molar-refractivity contribution in [3.05, 3.63) is 11.8 Å². The van der Waals surface area contributed by atoms with Crippen molar-refractivity contribution < 1.29 is 9.53 Å². The molecule has 0 amide bonds. The predicted octanol–water partition coefficient (Wildman–Crippen LogP) is 1.66. The summed E-state index contributed by atoms with van der Waals surface area (Å²) in [6.45, 7) is 2.64. The molecule has 1 saturated carbocycles. The SMILES string of the molecule is CCOC1=CC(=O)C12CCC2. The summed E-state index contributed by atoms with van der Waals surface area (Å²) in [7, 11) is 0. The van der Waals surface area contributed by atoms with Crippen molar-refractivity contribution in [2.24, 2.45) is 5.41 Å². The number of allylic oxidation sites excluding steroid dienone is 2. The Hall–Kier alpha value is -0.790. The molecule has 0 heterocycles. The maximum absolute atomic E-state index is 11.2. The molecule has 0 atom stereocenters. The van der Waals surface area contributed by atoms with Crippen LogP contribution in [0.4, 0.5) is 0 Å². The Labute approximate surface area is 66.2 Å². The zero-order chi connectivity index (χ0) is 7.90. The summed E-state index contributed by atoms with van der Waals surface area (Å²) in [5.41, 5.74) is -0.129. The van der Waals surface area contributed by atoms with Gasteiger partial charge in [0, 0.05) is 6.08 Å². The summed E-state index contributed by atoms with van der Waals surface area (Å²) in [6.07, 6.45) is 4.84. The van der Waals surface area contributed by atoms with Crippen LogP contribution in [0.1, 0.15) is 26.2 Å². The quantitative estimate of drug-likeness (QED) is 0.601. The summed E-state index contributed by atoms with van der Waals surface area (Å²) in [4.78, 5) is 11.2. The Morgan fingerprint density at radius 2 is 2.36 bits per heavy atom. The number of ketones is 1. The average Bonchev–Trinajstić information content (AvgIpc) is 1.83. The summed E-state index contributed by atoms with van der Waals surface area (Å²) >= 11 is 0. The molecule has 0 aromatic heterocycles. The van der Waals surface area contributed by atoms with Gasteiger partial charge in [0.05, 0.1) is 12.0 Å². The van der Waals surface area contributed by atoms with Crippen LogP contribution in [0.5, 0.6) is 0 Å². The first kappa shape index (κ1) is 6.89. The van der Waals surface area contributed by atoms with E-state index in [0.29, 0.717) is 6.61 Å². The van der Waals surface area contributed by atoms with Gasteiger partial charge in [-0.25, -0.2) is 0 Å². The number of carbonyl (C=O) groups is 1. The minimum Gasteiger partial charge on any atom is -0.497 e. The first-order valence-electron chi connectivity index (χ1n) is 4.19. The van der Waals surface area contributed by atoms with Gasteiger partial charge in [0.1, 0.15) is 5.76 Å². The number of ether oxygens (including phenoxy) is 1. The molecule has 0 N–H and O–H groups in total. The molecule has 0 saturated heterocycles. The van der Waals surface area contributed by atoms with Gasteiger partial charge in [-0.2, -0.15) is 0 Å². The number of hydrogen-bond acceptors (Lipinski definition) is 2. The lowest BCUT2D eigenvalue weighted by Gasteiger charge is -2.45. The van der Waals surface area contributed by atoms with E-state index < -0.39 is 0 Å². The molecule has 2 nitrogen and oxygen atoms in total. The van der Waals surface area contributed by atoms with Gasteiger partial charge in [-0.3, -0.25) is 4.79 Å². The third-order valence-electron chi connectivity index (χ3n) is 2.71. The van der Waals surface area contributed by atoms with Crippen molar-refractivity contribution >= 4 is 5.78 Å². The Morgan fingerprint density at radius 3 is 2.73 bits per heavy atom. The van der Waals surface area contributed by atoms with Crippen LogP contribution in [0, 0.1) is 5.41 Å². The average molecular weight is 152 g/mol. The van der Waals surface area contributed by atoms with E-state index in [0.717, 1.165) is 18.6 Å². The van der Waals surface area contributed by atoms with Crippen molar-refractivity contribution in [3.8, 4) is 0 Å². The van der Waals surface area contributed by atoms with Crippen LogP contribution in [0.2, 0.25) is 0 Å². The topological polar surface area (TPSA) is 26.3 Å². The van der Waals surface area contributed by atoms with Crippen molar-refractivity contribution in [1.82, 2.24) is 0 Å². The zero-order valence-electron chi connectivity index (χ0n) is 6.72. The third kappa shape index (κ3) is 0.697. The van der Waals surface area contributed by atoms with E-state index in [4.69, 9.17) is 4.74 Å². The van der Waals surface area contributed by atoms with Crippen LogP contribution < -0.4 is 0 Å². The third-order valence-corrected chi connectivity index (χ3v) is 2.71. The molecule has 2 rings (SSSR count). The molecule has 2 aliphatic rings. The maximum Gasteiger partial charge on any atom is 0.172 e. The summed E-state index contributed by atoms with van der Waals surface area (Å²) in [5, 5.41) is 0. The molecule has 0 aromatic rings. The molecule has 1 spiro atoms. The molecule has 0 bridgehead atoms. The van der Waals surface area contributed by atoms with Crippen LogP contribution in [0.15, 0.2) is 11.8 Å². The molecule has 2 aliphatic carbocycles. The molecule has 0 radical (unpaired) electrons. The van der Waals surface area contributed by atoms with Gasteiger partial charge in [0.15, 0.2) is 5.78 Å². The van der Waals surface area contributed by atoms with Crippen molar-refractivity contribution in [2.45, 2.75) is 26.2 Å². The van der Waals surface area contributed by atoms with E-state index in [9.17, 15) is 4.79 Å². The van der Waals surface area contributed by atoms with Crippen LogP contribution >= 0.6 is 0 Å². The minimum absolute atomic E-state index is 0.129. The highest BCUT2D eigenvalue weighted by molar-refractivity contribution is 6.04. The van der Waals surface area contributed by atoms with Gasteiger partial charge in [-0.1, -0.05) is 6.42 Å². The van der Waals surface area contributed by atoms with Gasteiger partial charge in [0.25, 0.3) is 0 Å². The van der Waals surface area contributed by atoms with Gasteiger partial charge in [-0.05, 0) is 19.8 Å². The van der Waals surface area contributed by atoms with E-state index in [1.807, 2.05) is 6.92 Å². The van der Waals surface area contributed by atoms with Gasteiger partial charge in [-0.15, -0.1) is 0 Å². The monoisotopic (exact) mass is 152 g/mol. The van der Waals surface area contributed by atoms with Crippen LogP contribution in [0.25, 0.3) is 0 Å². The van der Waals surface area contributed by atoms with Gasteiger partial charge < -0.3 is 4.74 Å². The van der Waals surface area contributed by atoms with Crippen LogP contribution in [0.3, 0.4) is 0 Å². The van der Waals surface area contributed by atoms with E-state index in [1.54, 1.807) is 6.08 Å². The lowest BCUT2D eigenvalue weighted by molar-refractivity contribution is -0.133. The largest absolute Gasteiger partial charge is 0.497 e. The highest BCUT2D eigenvalue weighted by atomic mass is 16.5. The standard InChI is InChI=1S/C9H12O2/c1-2-11-8-6-7(10)9(8)4-3-5-9/h6H,2-5H2,1H3. The van der Waals surface area contributed by atoms with Crippen LogP contribution in [-0.2, 0) is 9.53 Å². The predicted molar refractivity (Wildman–Crippen MR) is 41.0 cm³/mol. The van der Waals surface area contributed by atoms with E-state index in [2.05, 4.69) is 0 Å². The Bertz CT molecular complexity index is 224. The van der Waals surface area contributed by atoms with E-state index >= 15 is 0 Å². The molecule has 0 unspecified atom stereocenters.